The molecule has 0 saturated carbocycles. The highest BCUT2D eigenvalue weighted by molar-refractivity contribution is 7.18. The summed E-state index contributed by atoms with van der Waals surface area (Å²) in [4.78, 5) is 16.5. The lowest BCUT2D eigenvalue weighted by Gasteiger charge is -2.09. The number of aromatic nitrogens is 1. The van der Waals surface area contributed by atoms with E-state index in [9.17, 15) is 4.79 Å². The van der Waals surface area contributed by atoms with Crippen LogP contribution in [0.4, 0.5) is 16.2 Å². The second-order valence-electron chi connectivity index (χ2n) is 5.77. The zero-order valence-corrected chi connectivity index (χ0v) is 14.2. The van der Waals surface area contributed by atoms with E-state index in [1.54, 1.807) is 11.3 Å². The molecule has 118 valence electrons. The minimum absolute atomic E-state index is 0.256. The van der Waals surface area contributed by atoms with Gasteiger partial charge in [-0.2, -0.15) is 0 Å². The molecule has 3 aromatic rings. The maximum absolute atomic E-state index is 12.1. The summed E-state index contributed by atoms with van der Waals surface area (Å²) in [7, 11) is 0. The zero-order valence-electron chi connectivity index (χ0n) is 13.4. The molecule has 0 aliphatic rings. The van der Waals surface area contributed by atoms with Gasteiger partial charge in [0.2, 0.25) is 0 Å². The monoisotopic (exact) mass is 325 g/mol. The van der Waals surface area contributed by atoms with Crippen LogP contribution in [0.15, 0.2) is 42.5 Å². The van der Waals surface area contributed by atoms with E-state index in [0.717, 1.165) is 26.6 Å². The van der Waals surface area contributed by atoms with Gasteiger partial charge in [-0.1, -0.05) is 26.0 Å². The Labute approximate surface area is 139 Å². The number of hydrogen-bond donors (Lipinski definition) is 2. The first-order valence-electron chi connectivity index (χ1n) is 7.56. The van der Waals surface area contributed by atoms with Gasteiger partial charge in [0.15, 0.2) is 0 Å². The molecule has 0 aliphatic heterocycles. The molecule has 0 radical (unpaired) electrons. The van der Waals surface area contributed by atoms with Crippen molar-refractivity contribution in [3.05, 3.63) is 53.0 Å². The number of amides is 2. The number of benzene rings is 2. The zero-order chi connectivity index (χ0) is 16.4. The van der Waals surface area contributed by atoms with Crippen molar-refractivity contribution in [2.45, 2.75) is 26.7 Å². The Kier molecular flexibility index (Phi) is 4.30. The molecule has 2 amide bonds. The molecule has 1 heterocycles. The number of aryl methyl sites for hydroxylation is 1. The number of anilines is 2. The minimum atomic E-state index is -0.256. The van der Waals surface area contributed by atoms with E-state index in [0.29, 0.717) is 5.92 Å². The molecule has 4 nitrogen and oxygen atoms in total. The fourth-order valence-corrected chi connectivity index (χ4v) is 3.17. The van der Waals surface area contributed by atoms with Crippen molar-refractivity contribution in [1.29, 1.82) is 0 Å². The van der Waals surface area contributed by atoms with Gasteiger partial charge in [0.1, 0.15) is 0 Å². The number of rotatable bonds is 3. The molecule has 0 atom stereocenters. The summed E-state index contributed by atoms with van der Waals surface area (Å²) in [5.74, 6) is 0.478. The van der Waals surface area contributed by atoms with E-state index >= 15 is 0 Å². The Hall–Kier alpha value is -2.40. The number of hydrogen-bond acceptors (Lipinski definition) is 3. The number of nitrogens with zero attached hydrogens (tertiary/aromatic N) is 1. The van der Waals surface area contributed by atoms with Crippen molar-refractivity contribution in [3.8, 4) is 0 Å². The van der Waals surface area contributed by atoms with Crippen LogP contribution in [0.2, 0.25) is 0 Å². The van der Waals surface area contributed by atoms with Crippen molar-refractivity contribution in [2.24, 2.45) is 0 Å². The second-order valence-corrected chi connectivity index (χ2v) is 7.01. The van der Waals surface area contributed by atoms with Crippen LogP contribution in [0.25, 0.3) is 10.2 Å². The van der Waals surface area contributed by atoms with Crippen molar-refractivity contribution in [1.82, 2.24) is 4.98 Å². The van der Waals surface area contributed by atoms with Gasteiger partial charge >= 0.3 is 6.03 Å². The number of fused-ring (bicyclic) bond motifs is 1. The van der Waals surface area contributed by atoms with Gasteiger partial charge in [-0.25, -0.2) is 9.78 Å². The fourth-order valence-electron chi connectivity index (χ4n) is 2.37. The Morgan fingerprint density at radius 1 is 1.04 bits per heavy atom. The highest BCUT2D eigenvalue weighted by atomic mass is 32.1. The van der Waals surface area contributed by atoms with Crippen LogP contribution in [-0.2, 0) is 0 Å². The van der Waals surface area contributed by atoms with Gasteiger partial charge in [0.05, 0.1) is 15.2 Å². The molecule has 3 rings (SSSR count). The maximum Gasteiger partial charge on any atom is 0.323 e. The molecule has 1 aromatic heterocycles. The predicted molar refractivity (Wildman–Crippen MR) is 97.5 cm³/mol. The van der Waals surface area contributed by atoms with Crippen LogP contribution in [0, 0.1) is 6.92 Å². The quantitative estimate of drug-likeness (QED) is 0.680. The Morgan fingerprint density at radius 3 is 2.39 bits per heavy atom. The van der Waals surface area contributed by atoms with Crippen molar-refractivity contribution < 1.29 is 4.79 Å². The van der Waals surface area contributed by atoms with E-state index in [4.69, 9.17) is 0 Å². The van der Waals surface area contributed by atoms with Gasteiger partial charge < -0.3 is 10.6 Å². The summed E-state index contributed by atoms with van der Waals surface area (Å²) in [6.07, 6.45) is 0. The summed E-state index contributed by atoms with van der Waals surface area (Å²) in [5.41, 5.74) is 3.67. The average molecular weight is 325 g/mol. The summed E-state index contributed by atoms with van der Waals surface area (Å²) in [6, 6.07) is 13.4. The number of carbonyl (C=O) groups is 1. The van der Waals surface area contributed by atoms with Crippen LogP contribution in [0.3, 0.4) is 0 Å². The smallest absolute Gasteiger partial charge is 0.308 e. The molecule has 0 aliphatic carbocycles. The van der Waals surface area contributed by atoms with Gasteiger partial charge in [0.25, 0.3) is 0 Å². The molecule has 0 saturated heterocycles. The standard InChI is InChI=1S/C18H19N3OS/c1-11(2)13-4-6-14(7-5-13)20-18(22)21-15-8-9-17-16(10-15)19-12(3)23-17/h4-11H,1-3H3,(H2,20,21,22). The first kappa shape index (κ1) is 15.5. The lowest BCUT2D eigenvalue weighted by Crippen LogP contribution is -2.19. The Bertz CT molecular complexity index is 837. The Balaban J connectivity index is 1.67. The molecule has 0 unspecified atom stereocenters. The number of urea groups is 1. The number of carbonyl (C=O) groups excluding carboxylic acids is 1. The molecule has 0 bridgehead atoms. The summed E-state index contributed by atoms with van der Waals surface area (Å²) < 4.78 is 1.12. The van der Waals surface area contributed by atoms with E-state index in [-0.39, 0.29) is 6.03 Å². The maximum atomic E-state index is 12.1. The highest BCUT2D eigenvalue weighted by Crippen LogP contribution is 2.24. The van der Waals surface area contributed by atoms with Crippen molar-refractivity contribution in [3.63, 3.8) is 0 Å². The third kappa shape index (κ3) is 3.68. The van der Waals surface area contributed by atoms with Gasteiger partial charge in [-0.05, 0) is 48.7 Å². The number of thiazole rings is 1. The molecule has 0 spiro atoms. The molecule has 5 heteroatoms. The van der Waals surface area contributed by atoms with Crippen molar-refractivity contribution in [2.75, 3.05) is 10.6 Å². The first-order valence-corrected chi connectivity index (χ1v) is 8.38. The molecule has 2 N–H and O–H groups in total. The van der Waals surface area contributed by atoms with Crippen LogP contribution >= 0.6 is 11.3 Å². The van der Waals surface area contributed by atoms with E-state index in [2.05, 4.69) is 29.5 Å². The average Bonchev–Trinajstić information content (AvgIpc) is 2.87. The molecular weight excluding hydrogens is 306 g/mol. The SMILES string of the molecule is Cc1nc2cc(NC(=O)Nc3ccc(C(C)C)cc3)ccc2s1. The molecule has 23 heavy (non-hydrogen) atoms. The van der Waals surface area contributed by atoms with Crippen molar-refractivity contribution >= 4 is 39.0 Å². The third-order valence-electron chi connectivity index (χ3n) is 3.59. The molecular formula is C18H19N3OS. The minimum Gasteiger partial charge on any atom is -0.308 e. The van der Waals surface area contributed by atoms with Crippen LogP contribution in [0.1, 0.15) is 30.3 Å². The predicted octanol–water partition coefficient (Wildman–Crippen LogP) is 5.37. The van der Waals surface area contributed by atoms with E-state index < -0.39 is 0 Å². The largest absolute Gasteiger partial charge is 0.323 e. The second kappa shape index (κ2) is 6.38. The van der Waals surface area contributed by atoms with E-state index in [1.807, 2.05) is 49.4 Å². The van der Waals surface area contributed by atoms with E-state index in [1.165, 1.54) is 5.56 Å². The lowest BCUT2D eigenvalue weighted by molar-refractivity contribution is 0.262. The fraction of sp³-hybridized carbons (Fsp3) is 0.222. The normalized spacial score (nSPS) is 11.0. The third-order valence-corrected chi connectivity index (χ3v) is 4.54. The van der Waals surface area contributed by atoms with Gasteiger partial charge in [0, 0.05) is 11.4 Å². The first-order chi connectivity index (χ1) is 11.0. The number of nitrogens with one attached hydrogen (secondary N) is 2. The molecule has 0 fully saturated rings. The summed E-state index contributed by atoms with van der Waals surface area (Å²) >= 11 is 1.65. The summed E-state index contributed by atoms with van der Waals surface area (Å²) in [5, 5.41) is 6.71. The molecule has 2 aromatic carbocycles. The lowest BCUT2D eigenvalue weighted by atomic mass is 10.0. The van der Waals surface area contributed by atoms with Gasteiger partial charge in [-0.3, -0.25) is 0 Å². The Morgan fingerprint density at radius 2 is 1.70 bits per heavy atom. The topological polar surface area (TPSA) is 54.0 Å². The van der Waals surface area contributed by atoms with Crippen LogP contribution in [-0.4, -0.2) is 11.0 Å². The van der Waals surface area contributed by atoms with Crippen LogP contribution in [0.5, 0.6) is 0 Å². The van der Waals surface area contributed by atoms with Crippen LogP contribution < -0.4 is 10.6 Å². The summed E-state index contributed by atoms with van der Waals surface area (Å²) in [6.45, 7) is 6.27. The van der Waals surface area contributed by atoms with Gasteiger partial charge in [-0.15, -0.1) is 11.3 Å². The highest BCUT2D eigenvalue weighted by Gasteiger charge is 2.06.